The van der Waals surface area contributed by atoms with Gasteiger partial charge in [0.05, 0.1) is 30.1 Å². The van der Waals surface area contributed by atoms with Crippen LogP contribution in [0.5, 0.6) is 5.75 Å². The monoisotopic (exact) mass is 558 g/mol. The second-order valence-corrected chi connectivity index (χ2v) is 9.33. The van der Waals surface area contributed by atoms with Gasteiger partial charge in [-0.25, -0.2) is 4.79 Å². The van der Waals surface area contributed by atoms with Gasteiger partial charge < -0.3 is 34.5 Å². The molecule has 40 heavy (non-hydrogen) atoms. The minimum absolute atomic E-state index is 0.107. The van der Waals surface area contributed by atoms with E-state index in [4.69, 9.17) is 26.1 Å². The Morgan fingerprint density at radius 2 is 1.90 bits per heavy atom. The number of carbonyl (C=O) groups excluding carboxylic acids is 1. The molecule has 1 aliphatic heterocycles. The second kappa shape index (κ2) is 11.6. The van der Waals surface area contributed by atoms with E-state index < -0.39 is 12.0 Å². The van der Waals surface area contributed by atoms with Crippen LogP contribution in [0.15, 0.2) is 83.4 Å². The molecule has 3 heterocycles. The van der Waals surface area contributed by atoms with Gasteiger partial charge in [0.25, 0.3) is 0 Å². The third-order valence-corrected chi connectivity index (χ3v) is 6.76. The van der Waals surface area contributed by atoms with Crippen LogP contribution in [0.25, 0.3) is 11.3 Å². The number of rotatable bonds is 9. The first-order valence-corrected chi connectivity index (χ1v) is 12.7. The topological polar surface area (TPSA) is 126 Å². The molecule has 0 unspecified atom stereocenters. The number of benzene rings is 2. The van der Waals surface area contributed by atoms with Gasteiger partial charge in [-0.15, -0.1) is 0 Å². The number of nitrogens with one attached hydrogen (secondary N) is 2. The Kier molecular flexibility index (Phi) is 7.76. The summed E-state index contributed by atoms with van der Waals surface area (Å²) in [6, 6.07) is 20.4. The number of hydrogen-bond donors (Lipinski definition) is 3. The molecule has 3 N–H and O–H groups in total. The highest BCUT2D eigenvalue weighted by Crippen LogP contribution is 2.44. The third kappa shape index (κ3) is 5.37. The summed E-state index contributed by atoms with van der Waals surface area (Å²) < 4.78 is 16.8. The molecule has 2 aromatic heterocycles. The van der Waals surface area contributed by atoms with Crippen LogP contribution in [-0.2, 0) is 9.53 Å². The number of thiocarbonyl (C=S) groups is 1. The minimum Gasteiger partial charge on any atom is -0.495 e. The van der Waals surface area contributed by atoms with Gasteiger partial charge in [0.2, 0.25) is 5.91 Å². The van der Waals surface area contributed by atoms with Crippen LogP contribution in [0, 0.1) is 0 Å². The lowest BCUT2D eigenvalue weighted by atomic mass is 10.0. The number of carboxylic acid groups (broad SMARTS) is 1. The lowest BCUT2D eigenvalue weighted by Gasteiger charge is -2.27. The number of nitrogens with zero attached hydrogens (tertiary/aromatic N) is 2. The van der Waals surface area contributed by atoms with Crippen LogP contribution in [0.3, 0.4) is 0 Å². The molecule has 1 aliphatic rings. The first-order valence-electron chi connectivity index (χ1n) is 12.3. The Hall–Kier alpha value is -4.74. The highest BCUT2D eigenvalue weighted by atomic mass is 32.1. The molecule has 2 aromatic carbocycles. The summed E-state index contributed by atoms with van der Waals surface area (Å²) in [5.74, 6) is 0.345. The number of carboxylic acids is 1. The zero-order chi connectivity index (χ0) is 28.2. The first kappa shape index (κ1) is 26.9. The summed E-state index contributed by atoms with van der Waals surface area (Å²) in [7, 11) is 2.97. The van der Waals surface area contributed by atoms with E-state index in [-0.39, 0.29) is 24.1 Å². The molecule has 0 radical (unpaired) electrons. The van der Waals surface area contributed by atoms with E-state index >= 15 is 0 Å². The van der Waals surface area contributed by atoms with Crippen LogP contribution in [0.1, 0.15) is 33.9 Å². The lowest BCUT2D eigenvalue weighted by Crippen LogP contribution is -2.29. The molecule has 11 heteroatoms. The second-order valence-electron chi connectivity index (χ2n) is 8.95. The number of ether oxygens (including phenoxy) is 2. The van der Waals surface area contributed by atoms with E-state index in [1.54, 1.807) is 30.5 Å². The van der Waals surface area contributed by atoms with E-state index in [1.165, 1.54) is 26.4 Å². The number of pyridine rings is 1. The van der Waals surface area contributed by atoms with Crippen LogP contribution < -0.4 is 20.3 Å². The van der Waals surface area contributed by atoms with Gasteiger partial charge in [0.15, 0.2) is 5.11 Å². The number of carbonyl (C=O) groups is 2. The van der Waals surface area contributed by atoms with Crippen LogP contribution in [-0.4, -0.2) is 47.9 Å². The Balaban J connectivity index is 1.56. The number of aromatic carboxylic acids is 1. The van der Waals surface area contributed by atoms with Gasteiger partial charge in [-0.1, -0.05) is 18.2 Å². The minimum atomic E-state index is -0.997. The number of furan rings is 1. The number of amides is 1. The average Bonchev–Trinajstić information content (AvgIpc) is 3.58. The number of methoxy groups -OCH3 is 2. The summed E-state index contributed by atoms with van der Waals surface area (Å²) in [5.41, 5.74) is 2.85. The van der Waals surface area contributed by atoms with Crippen molar-refractivity contribution in [2.45, 2.75) is 12.1 Å². The fraction of sp³-hybridized carbons (Fsp3) is 0.172. The van der Waals surface area contributed by atoms with Gasteiger partial charge in [0.1, 0.15) is 29.9 Å². The Morgan fingerprint density at radius 1 is 1.10 bits per heavy atom. The summed E-state index contributed by atoms with van der Waals surface area (Å²) in [6.45, 7) is -0.107. The highest BCUT2D eigenvalue weighted by Gasteiger charge is 2.42. The molecule has 10 nitrogen and oxygen atoms in total. The maximum atomic E-state index is 12.3. The SMILES string of the molecule is COCC(=O)Nc1cc(N2C(=S)N[C@@H](c3ccccn3)[C@@H]2c2ccc(-c3ccc(C(=O)O)cc3)o2)ccc1OC. The molecule has 1 amide bonds. The molecule has 1 fully saturated rings. The lowest BCUT2D eigenvalue weighted by molar-refractivity contribution is -0.119. The Bertz CT molecular complexity index is 1540. The predicted molar refractivity (Wildman–Crippen MR) is 153 cm³/mol. The van der Waals surface area contributed by atoms with Crippen molar-refractivity contribution >= 4 is 40.6 Å². The largest absolute Gasteiger partial charge is 0.495 e. The summed E-state index contributed by atoms with van der Waals surface area (Å²) in [6.07, 6.45) is 1.72. The van der Waals surface area contributed by atoms with Gasteiger partial charge >= 0.3 is 5.97 Å². The molecule has 0 spiro atoms. The summed E-state index contributed by atoms with van der Waals surface area (Å²) >= 11 is 5.80. The van der Waals surface area contributed by atoms with Crippen molar-refractivity contribution in [3.63, 3.8) is 0 Å². The van der Waals surface area contributed by atoms with Crippen molar-refractivity contribution in [3.05, 3.63) is 96.0 Å². The summed E-state index contributed by atoms with van der Waals surface area (Å²) in [5, 5.41) is 15.9. The van der Waals surface area contributed by atoms with Crippen LogP contribution in [0.2, 0.25) is 0 Å². The van der Waals surface area contributed by atoms with Crippen molar-refractivity contribution in [1.82, 2.24) is 10.3 Å². The predicted octanol–water partition coefficient (Wildman–Crippen LogP) is 4.81. The molecular formula is C29H26N4O6S. The van der Waals surface area contributed by atoms with Crippen LogP contribution >= 0.6 is 12.2 Å². The quantitative estimate of drug-likeness (QED) is 0.246. The van der Waals surface area contributed by atoms with Crippen molar-refractivity contribution in [2.24, 2.45) is 0 Å². The Labute approximate surface area is 235 Å². The molecular weight excluding hydrogens is 532 g/mol. The summed E-state index contributed by atoms with van der Waals surface area (Å²) in [4.78, 5) is 30.0. The zero-order valence-corrected chi connectivity index (χ0v) is 22.5. The normalized spacial score (nSPS) is 16.4. The zero-order valence-electron chi connectivity index (χ0n) is 21.7. The maximum Gasteiger partial charge on any atom is 0.335 e. The molecule has 204 valence electrons. The van der Waals surface area contributed by atoms with Gasteiger partial charge in [-0.2, -0.15) is 0 Å². The van der Waals surface area contributed by atoms with Crippen molar-refractivity contribution in [3.8, 4) is 17.1 Å². The molecule has 1 saturated heterocycles. The van der Waals surface area contributed by atoms with Gasteiger partial charge in [-0.05, 0) is 66.8 Å². The van der Waals surface area contributed by atoms with E-state index in [2.05, 4.69) is 15.6 Å². The molecule has 0 saturated carbocycles. The fourth-order valence-electron chi connectivity index (χ4n) is 4.63. The molecule has 4 aromatic rings. The molecule has 0 aliphatic carbocycles. The standard InChI is InChI=1S/C29H26N4O6S/c1-37-16-25(34)31-21-15-19(10-11-23(21)38-2)33-27(26(32-29(33)40)20-5-3-4-14-30-20)24-13-12-22(39-24)17-6-8-18(9-7-17)28(35)36/h3-15,26-27H,16H2,1-2H3,(H,31,34)(H,32,40)(H,35,36)/t26-,27-/m0/s1. The number of anilines is 2. The van der Waals surface area contributed by atoms with Crippen molar-refractivity contribution in [2.75, 3.05) is 31.0 Å². The average molecular weight is 559 g/mol. The van der Waals surface area contributed by atoms with E-state index in [0.717, 1.165) is 11.3 Å². The molecule has 0 bridgehead atoms. The smallest absolute Gasteiger partial charge is 0.335 e. The van der Waals surface area contributed by atoms with E-state index in [9.17, 15) is 14.7 Å². The van der Waals surface area contributed by atoms with E-state index in [1.807, 2.05) is 41.3 Å². The third-order valence-electron chi connectivity index (χ3n) is 6.44. The highest BCUT2D eigenvalue weighted by molar-refractivity contribution is 7.80. The van der Waals surface area contributed by atoms with E-state index in [0.29, 0.717) is 33.8 Å². The first-order chi connectivity index (χ1) is 19.4. The molecule has 2 atom stereocenters. The van der Waals surface area contributed by atoms with Gasteiger partial charge in [0, 0.05) is 24.6 Å². The fourth-order valence-corrected chi connectivity index (χ4v) is 4.97. The van der Waals surface area contributed by atoms with Crippen molar-refractivity contribution < 1.29 is 28.6 Å². The van der Waals surface area contributed by atoms with Gasteiger partial charge in [-0.3, -0.25) is 9.78 Å². The number of aromatic nitrogens is 1. The molecule has 5 rings (SSSR count). The van der Waals surface area contributed by atoms with Crippen LogP contribution in [0.4, 0.5) is 11.4 Å². The maximum absolute atomic E-state index is 12.3. The number of hydrogen-bond acceptors (Lipinski definition) is 7. The van der Waals surface area contributed by atoms with Crippen molar-refractivity contribution in [1.29, 1.82) is 0 Å². The Morgan fingerprint density at radius 3 is 2.58 bits per heavy atom.